The van der Waals surface area contributed by atoms with Crippen molar-refractivity contribution in [3.63, 3.8) is 0 Å². The minimum Gasteiger partial charge on any atom is -0.496 e. The number of aromatic nitrogens is 1. The fourth-order valence-corrected chi connectivity index (χ4v) is 2.88. The van der Waals surface area contributed by atoms with E-state index in [2.05, 4.69) is 10.3 Å². The van der Waals surface area contributed by atoms with Gasteiger partial charge in [-0.05, 0) is 13.0 Å². The van der Waals surface area contributed by atoms with Crippen LogP contribution in [-0.4, -0.2) is 42.5 Å². The molecule has 1 aliphatic heterocycles. The van der Waals surface area contributed by atoms with Crippen LogP contribution in [-0.2, 0) is 0 Å². The van der Waals surface area contributed by atoms with Gasteiger partial charge in [-0.2, -0.15) is 0 Å². The van der Waals surface area contributed by atoms with Crippen LogP contribution in [0.3, 0.4) is 0 Å². The third-order valence-corrected chi connectivity index (χ3v) is 4.06. The Balaban J connectivity index is 1.83. The largest absolute Gasteiger partial charge is 0.496 e. The molecule has 2 aromatic rings. The number of hydrogen-bond donors (Lipinski definition) is 2. The Labute approximate surface area is 146 Å². The summed E-state index contributed by atoms with van der Waals surface area (Å²) in [7, 11) is 1.56. The van der Waals surface area contributed by atoms with Crippen LogP contribution in [0.4, 0.5) is 10.5 Å². The zero-order valence-electron chi connectivity index (χ0n) is 14.2. The number of nitrogens with one attached hydrogen (secondary N) is 1. The highest BCUT2D eigenvalue weighted by Gasteiger charge is 2.29. The van der Waals surface area contributed by atoms with Crippen molar-refractivity contribution < 1.29 is 19.4 Å². The van der Waals surface area contributed by atoms with E-state index in [1.165, 1.54) is 0 Å². The van der Waals surface area contributed by atoms with Gasteiger partial charge in [-0.25, -0.2) is 4.79 Å². The second-order valence-corrected chi connectivity index (χ2v) is 5.81. The van der Waals surface area contributed by atoms with E-state index in [9.17, 15) is 9.90 Å². The van der Waals surface area contributed by atoms with Crippen LogP contribution in [0.25, 0.3) is 0 Å². The molecule has 0 radical (unpaired) electrons. The summed E-state index contributed by atoms with van der Waals surface area (Å²) < 4.78 is 11.1. The Bertz CT molecular complexity index is 753. The zero-order chi connectivity index (χ0) is 17.8. The molecule has 1 aliphatic rings. The zero-order valence-corrected chi connectivity index (χ0v) is 14.2. The average Bonchev–Trinajstić information content (AvgIpc) is 2.65. The van der Waals surface area contributed by atoms with Crippen LogP contribution in [0.15, 0.2) is 42.7 Å². The summed E-state index contributed by atoms with van der Waals surface area (Å²) in [4.78, 5) is 18.5. The van der Waals surface area contributed by atoms with Crippen molar-refractivity contribution in [1.82, 2.24) is 10.3 Å². The summed E-state index contributed by atoms with van der Waals surface area (Å²) >= 11 is 0. The van der Waals surface area contributed by atoms with Crippen molar-refractivity contribution in [3.8, 4) is 11.5 Å². The van der Waals surface area contributed by atoms with E-state index in [-0.39, 0.29) is 18.7 Å². The second-order valence-electron chi connectivity index (χ2n) is 5.81. The van der Waals surface area contributed by atoms with Crippen LogP contribution >= 0.6 is 0 Å². The minimum atomic E-state index is -0.582. The Morgan fingerprint density at radius 3 is 3.04 bits per heavy atom. The Morgan fingerprint density at radius 1 is 1.48 bits per heavy atom. The number of ether oxygens (including phenoxy) is 2. The smallest absolute Gasteiger partial charge is 0.322 e. The predicted molar refractivity (Wildman–Crippen MR) is 93.0 cm³/mol. The molecule has 132 valence electrons. The molecular formula is C18H21N3O4. The van der Waals surface area contributed by atoms with Gasteiger partial charge >= 0.3 is 6.03 Å². The molecular weight excluding hydrogens is 322 g/mol. The van der Waals surface area contributed by atoms with Gasteiger partial charge in [0, 0.05) is 17.8 Å². The SMILES string of the molecule is COc1ccccc1C(CO)NC(=O)N1CC(C)Oc2ccncc21. The number of carbonyl (C=O) groups excluding carboxylic acids is 1. The lowest BCUT2D eigenvalue weighted by Gasteiger charge is -2.34. The number of carbonyl (C=O) groups is 1. The average molecular weight is 343 g/mol. The molecule has 1 aromatic heterocycles. The number of methoxy groups -OCH3 is 1. The lowest BCUT2D eigenvalue weighted by Crippen LogP contribution is -2.48. The molecule has 7 nitrogen and oxygen atoms in total. The number of aliphatic hydroxyl groups is 1. The molecule has 2 N–H and O–H groups in total. The van der Waals surface area contributed by atoms with Gasteiger partial charge in [0.1, 0.15) is 23.3 Å². The van der Waals surface area contributed by atoms with E-state index >= 15 is 0 Å². The van der Waals surface area contributed by atoms with Crippen molar-refractivity contribution >= 4 is 11.7 Å². The molecule has 1 aromatic carbocycles. The monoisotopic (exact) mass is 343 g/mol. The quantitative estimate of drug-likeness (QED) is 0.888. The van der Waals surface area contributed by atoms with Gasteiger partial charge in [0.15, 0.2) is 0 Å². The van der Waals surface area contributed by atoms with Gasteiger partial charge in [-0.15, -0.1) is 0 Å². The first kappa shape index (κ1) is 17.0. The number of amides is 2. The molecule has 7 heteroatoms. The van der Waals surface area contributed by atoms with E-state index in [1.54, 1.807) is 36.5 Å². The molecule has 0 bridgehead atoms. The Hall–Kier alpha value is -2.80. The normalized spacial score (nSPS) is 17.2. The molecule has 0 fully saturated rings. The summed E-state index contributed by atoms with van der Waals surface area (Å²) in [5.74, 6) is 1.22. The fraction of sp³-hybridized carbons (Fsp3) is 0.333. The van der Waals surface area contributed by atoms with Gasteiger partial charge in [0.05, 0.1) is 32.5 Å². The highest BCUT2D eigenvalue weighted by molar-refractivity contribution is 5.94. The van der Waals surface area contributed by atoms with Crippen molar-refractivity contribution in [2.75, 3.05) is 25.2 Å². The van der Waals surface area contributed by atoms with E-state index in [0.29, 0.717) is 29.3 Å². The maximum atomic E-state index is 12.8. The summed E-state index contributed by atoms with van der Waals surface area (Å²) in [6.45, 7) is 2.05. The molecule has 0 aliphatic carbocycles. The summed E-state index contributed by atoms with van der Waals surface area (Å²) in [6.07, 6.45) is 3.08. The number of benzene rings is 1. The van der Waals surface area contributed by atoms with Gasteiger partial charge in [0.2, 0.25) is 0 Å². The standard InChI is InChI=1S/C18H21N3O4/c1-12-10-21(15-9-19-8-7-17(15)25-12)18(23)20-14(11-22)13-5-3-4-6-16(13)24-2/h3-9,12,14,22H,10-11H2,1-2H3,(H,20,23). The number of aliphatic hydroxyl groups excluding tert-OH is 1. The molecule has 0 saturated carbocycles. The number of rotatable bonds is 4. The second kappa shape index (κ2) is 7.40. The Morgan fingerprint density at radius 2 is 2.28 bits per heavy atom. The lowest BCUT2D eigenvalue weighted by molar-refractivity contribution is 0.197. The number of anilines is 1. The highest BCUT2D eigenvalue weighted by Crippen LogP contribution is 2.32. The van der Waals surface area contributed by atoms with E-state index in [4.69, 9.17) is 9.47 Å². The Kier molecular flexibility index (Phi) is 5.04. The maximum Gasteiger partial charge on any atom is 0.322 e. The van der Waals surface area contributed by atoms with Crippen LogP contribution in [0.1, 0.15) is 18.5 Å². The summed E-state index contributed by atoms with van der Waals surface area (Å²) in [6, 6.07) is 8.11. The van der Waals surface area contributed by atoms with Crippen molar-refractivity contribution in [2.24, 2.45) is 0 Å². The predicted octanol–water partition coefficient (Wildman–Crippen LogP) is 2.12. The fourth-order valence-electron chi connectivity index (χ4n) is 2.88. The van der Waals surface area contributed by atoms with Gasteiger partial charge < -0.3 is 19.9 Å². The molecule has 0 saturated heterocycles. The first-order chi connectivity index (χ1) is 12.1. The summed E-state index contributed by atoms with van der Waals surface area (Å²) in [5.41, 5.74) is 1.32. The third-order valence-electron chi connectivity index (χ3n) is 4.06. The topological polar surface area (TPSA) is 83.9 Å². The van der Waals surface area contributed by atoms with E-state index in [0.717, 1.165) is 0 Å². The maximum absolute atomic E-state index is 12.8. The van der Waals surface area contributed by atoms with Crippen LogP contribution in [0.2, 0.25) is 0 Å². The number of pyridine rings is 1. The molecule has 0 spiro atoms. The molecule has 2 amide bonds. The summed E-state index contributed by atoms with van der Waals surface area (Å²) in [5, 5.41) is 12.6. The van der Waals surface area contributed by atoms with Crippen molar-refractivity contribution in [3.05, 3.63) is 48.3 Å². The number of nitrogens with zero attached hydrogens (tertiary/aromatic N) is 2. The molecule has 2 unspecified atom stereocenters. The van der Waals surface area contributed by atoms with Gasteiger partial charge in [0.25, 0.3) is 0 Å². The molecule has 2 heterocycles. The number of fused-ring (bicyclic) bond motifs is 1. The lowest BCUT2D eigenvalue weighted by atomic mass is 10.1. The number of urea groups is 1. The number of hydrogen-bond acceptors (Lipinski definition) is 5. The molecule has 2 atom stereocenters. The first-order valence-corrected chi connectivity index (χ1v) is 8.06. The molecule has 3 rings (SSSR count). The van der Waals surface area contributed by atoms with Gasteiger partial charge in [-0.3, -0.25) is 9.88 Å². The van der Waals surface area contributed by atoms with Crippen molar-refractivity contribution in [1.29, 1.82) is 0 Å². The number of para-hydroxylation sites is 1. The van der Waals surface area contributed by atoms with Crippen LogP contribution in [0.5, 0.6) is 11.5 Å². The van der Waals surface area contributed by atoms with Crippen molar-refractivity contribution in [2.45, 2.75) is 19.1 Å². The van der Waals surface area contributed by atoms with Gasteiger partial charge in [-0.1, -0.05) is 18.2 Å². The first-order valence-electron chi connectivity index (χ1n) is 8.06. The van der Waals surface area contributed by atoms with E-state index in [1.807, 2.05) is 25.1 Å². The third kappa shape index (κ3) is 3.51. The van der Waals surface area contributed by atoms with E-state index < -0.39 is 6.04 Å². The van der Waals surface area contributed by atoms with Crippen LogP contribution in [0, 0.1) is 0 Å². The minimum absolute atomic E-state index is 0.139. The molecule has 25 heavy (non-hydrogen) atoms. The highest BCUT2D eigenvalue weighted by atomic mass is 16.5. The van der Waals surface area contributed by atoms with Crippen LogP contribution < -0.4 is 19.7 Å².